The van der Waals surface area contributed by atoms with Gasteiger partial charge in [-0.05, 0) is 6.42 Å². The quantitative estimate of drug-likeness (QED) is 0.553. The van der Waals surface area contributed by atoms with Crippen molar-refractivity contribution in [1.82, 2.24) is 10.6 Å². The van der Waals surface area contributed by atoms with Crippen LogP contribution in [0.3, 0.4) is 0 Å². The second-order valence-corrected chi connectivity index (χ2v) is 2.82. The molecule has 0 aromatic rings. The van der Waals surface area contributed by atoms with E-state index >= 15 is 0 Å². The fourth-order valence-corrected chi connectivity index (χ4v) is 0.920. The van der Waals surface area contributed by atoms with Crippen LogP contribution in [0.25, 0.3) is 0 Å². The zero-order valence-corrected chi connectivity index (χ0v) is 8.25. The van der Waals surface area contributed by atoms with E-state index in [1.807, 2.05) is 6.92 Å². The Bertz CT molecular complexity index is 216. The van der Waals surface area contributed by atoms with E-state index in [9.17, 15) is 9.59 Å². The maximum absolute atomic E-state index is 11.1. The molecule has 0 saturated heterocycles. The van der Waals surface area contributed by atoms with E-state index in [-0.39, 0.29) is 0 Å². The molecule has 80 valence electrons. The molecule has 5 nitrogen and oxygen atoms in total. The predicted molar refractivity (Wildman–Crippen MR) is 53.1 cm³/mol. The smallest absolute Gasteiger partial charge is 0.326 e. The number of aliphatic carboxylic acids is 1. The average Bonchev–Trinajstić information content (AvgIpc) is 2.14. The number of carbonyl (C=O) groups is 2. The maximum atomic E-state index is 11.1. The number of hydrogen-bond donors (Lipinski definition) is 3. The molecule has 0 saturated carbocycles. The molecule has 1 unspecified atom stereocenters. The van der Waals surface area contributed by atoms with Gasteiger partial charge in [0.2, 0.25) is 0 Å². The summed E-state index contributed by atoms with van der Waals surface area (Å²) >= 11 is 0. The molecule has 3 N–H and O–H groups in total. The monoisotopic (exact) mass is 200 g/mol. The van der Waals surface area contributed by atoms with Crippen LogP contribution < -0.4 is 10.6 Å². The Labute approximate surface area is 83.2 Å². The summed E-state index contributed by atoms with van der Waals surface area (Å²) in [5.41, 5.74) is 0. The minimum atomic E-state index is -1.01. The summed E-state index contributed by atoms with van der Waals surface area (Å²) in [6.45, 7) is 5.61. The number of nitrogens with one attached hydrogen (secondary N) is 2. The Morgan fingerprint density at radius 1 is 1.57 bits per heavy atom. The first kappa shape index (κ1) is 12.5. The van der Waals surface area contributed by atoms with E-state index in [2.05, 4.69) is 17.2 Å². The molecule has 0 aliphatic carbocycles. The largest absolute Gasteiger partial charge is 0.480 e. The lowest BCUT2D eigenvalue weighted by atomic mass is 10.2. The van der Waals surface area contributed by atoms with Crippen LogP contribution in [0.4, 0.5) is 4.79 Å². The summed E-state index contributed by atoms with van der Waals surface area (Å²) in [7, 11) is 0. The Morgan fingerprint density at radius 2 is 2.21 bits per heavy atom. The Hall–Kier alpha value is -1.52. The molecule has 0 aromatic heterocycles. The van der Waals surface area contributed by atoms with Crippen LogP contribution >= 0.6 is 0 Å². The number of rotatable bonds is 6. The van der Waals surface area contributed by atoms with Gasteiger partial charge in [-0.3, -0.25) is 0 Å². The fourth-order valence-electron chi connectivity index (χ4n) is 0.920. The maximum Gasteiger partial charge on any atom is 0.326 e. The Kier molecular flexibility index (Phi) is 6.19. The van der Waals surface area contributed by atoms with Gasteiger partial charge in [0.1, 0.15) is 6.04 Å². The molecule has 0 fully saturated rings. The zero-order valence-electron chi connectivity index (χ0n) is 8.25. The van der Waals surface area contributed by atoms with Gasteiger partial charge in [-0.2, -0.15) is 0 Å². The molecular formula is C9H16N2O3. The third-order valence-electron chi connectivity index (χ3n) is 1.59. The van der Waals surface area contributed by atoms with Crippen molar-refractivity contribution in [2.45, 2.75) is 25.8 Å². The molecule has 0 rings (SSSR count). The van der Waals surface area contributed by atoms with Crippen molar-refractivity contribution in [2.24, 2.45) is 0 Å². The van der Waals surface area contributed by atoms with E-state index in [0.717, 1.165) is 0 Å². The summed E-state index contributed by atoms with van der Waals surface area (Å²) in [6, 6.07) is -1.30. The van der Waals surface area contributed by atoms with Crippen molar-refractivity contribution in [3.05, 3.63) is 12.7 Å². The number of carboxylic acids is 1. The number of urea groups is 1. The van der Waals surface area contributed by atoms with Crippen LogP contribution in [-0.2, 0) is 4.79 Å². The second-order valence-electron chi connectivity index (χ2n) is 2.82. The van der Waals surface area contributed by atoms with E-state index in [1.165, 1.54) is 6.08 Å². The lowest BCUT2D eigenvalue weighted by Gasteiger charge is -2.13. The van der Waals surface area contributed by atoms with Crippen molar-refractivity contribution < 1.29 is 14.7 Å². The van der Waals surface area contributed by atoms with Crippen LogP contribution in [-0.4, -0.2) is 29.7 Å². The van der Waals surface area contributed by atoms with E-state index in [4.69, 9.17) is 5.11 Å². The molecule has 0 aliphatic rings. The summed E-state index contributed by atoms with van der Waals surface area (Å²) < 4.78 is 0. The molecule has 0 aliphatic heterocycles. The minimum Gasteiger partial charge on any atom is -0.480 e. The van der Waals surface area contributed by atoms with Crippen molar-refractivity contribution in [1.29, 1.82) is 0 Å². The van der Waals surface area contributed by atoms with E-state index < -0.39 is 18.0 Å². The highest BCUT2D eigenvalue weighted by atomic mass is 16.4. The molecule has 0 radical (unpaired) electrons. The van der Waals surface area contributed by atoms with Gasteiger partial charge in [0.05, 0.1) is 0 Å². The van der Waals surface area contributed by atoms with Gasteiger partial charge >= 0.3 is 12.0 Å². The summed E-state index contributed by atoms with van der Waals surface area (Å²) in [6.07, 6.45) is 2.66. The molecule has 5 heteroatoms. The molecule has 0 aromatic carbocycles. The van der Waals surface area contributed by atoms with Crippen LogP contribution in [0, 0.1) is 0 Å². The van der Waals surface area contributed by atoms with Gasteiger partial charge in [0, 0.05) is 6.54 Å². The lowest BCUT2D eigenvalue weighted by Crippen LogP contribution is -2.45. The Morgan fingerprint density at radius 3 is 2.64 bits per heavy atom. The van der Waals surface area contributed by atoms with Crippen LogP contribution in [0.2, 0.25) is 0 Å². The number of carbonyl (C=O) groups excluding carboxylic acids is 1. The highest BCUT2D eigenvalue weighted by Crippen LogP contribution is 1.96. The molecule has 1 atom stereocenters. The fraction of sp³-hybridized carbons (Fsp3) is 0.556. The summed E-state index contributed by atoms with van der Waals surface area (Å²) in [4.78, 5) is 21.7. The summed E-state index contributed by atoms with van der Waals surface area (Å²) in [5.74, 6) is -1.01. The zero-order chi connectivity index (χ0) is 11.0. The number of hydrogen-bond acceptors (Lipinski definition) is 2. The number of carboxylic acid groups (broad SMARTS) is 1. The number of amides is 2. The van der Waals surface area contributed by atoms with Crippen molar-refractivity contribution >= 4 is 12.0 Å². The average molecular weight is 200 g/mol. The van der Waals surface area contributed by atoms with Gasteiger partial charge < -0.3 is 15.7 Å². The molecule has 14 heavy (non-hydrogen) atoms. The topological polar surface area (TPSA) is 78.4 Å². The third kappa shape index (κ3) is 5.18. The predicted octanol–water partition coefficient (Wildman–Crippen LogP) is 0.725. The van der Waals surface area contributed by atoms with Gasteiger partial charge in [-0.25, -0.2) is 9.59 Å². The van der Waals surface area contributed by atoms with Gasteiger partial charge in [-0.15, -0.1) is 6.58 Å². The first-order valence-electron chi connectivity index (χ1n) is 4.49. The van der Waals surface area contributed by atoms with E-state index in [0.29, 0.717) is 19.4 Å². The highest BCUT2D eigenvalue weighted by Gasteiger charge is 2.17. The van der Waals surface area contributed by atoms with Crippen LogP contribution in [0.1, 0.15) is 19.8 Å². The van der Waals surface area contributed by atoms with Crippen LogP contribution in [0.5, 0.6) is 0 Å². The highest BCUT2D eigenvalue weighted by molar-refractivity contribution is 5.82. The van der Waals surface area contributed by atoms with Gasteiger partial charge in [-0.1, -0.05) is 19.4 Å². The van der Waals surface area contributed by atoms with Crippen molar-refractivity contribution in [3.8, 4) is 0 Å². The van der Waals surface area contributed by atoms with Crippen molar-refractivity contribution in [3.63, 3.8) is 0 Å². The van der Waals surface area contributed by atoms with E-state index in [1.54, 1.807) is 0 Å². The van der Waals surface area contributed by atoms with Gasteiger partial charge in [0.15, 0.2) is 0 Å². The second kappa shape index (κ2) is 6.94. The standard InChI is InChI=1S/C9H16N2O3/c1-3-5-7(8(12)13)11-9(14)10-6-4-2/h4,7H,2-3,5-6H2,1H3,(H,12,13)(H2,10,11,14). The molecule has 0 bridgehead atoms. The molecule has 0 heterocycles. The normalized spacial score (nSPS) is 11.5. The Balaban J connectivity index is 3.95. The van der Waals surface area contributed by atoms with Crippen LogP contribution in [0.15, 0.2) is 12.7 Å². The first-order chi connectivity index (χ1) is 6.61. The molecular weight excluding hydrogens is 184 g/mol. The molecule has 0 spiro atoms. The minimum absolute atomic E-state index is 0.324. The SMILES string of the molecule is C=CCNC(=O)NC(CCC)C(=O)O. The summed E-state index contributed by atoms with van der Waals surface area (Å²) in [5, 5.41) is 13.5. The third-order valence-corrected chi connectivity index (χ3v) is 1.59. The lowest BCUT2D eigenvalue weighted by molar-refractivity contribution is -0.139. The molecule has 2 amide bonds. The van der Waals surface area contributed by atoms with Gasteiger partial charge in [0.25, 0.3) is 0 Å². The van der Waals surface area contributed by atoms with Crippen molar-refractivity contribution in [2.75, 3.05) is 6.54 Å². The first-order valence-corrected chi connectivity index (χ1v) is 4.49.